The number of benzene rings is 1. The van der Waals surface area contributed by atoms with E-state index in [2.05, 4.69) is 5.32 Å². The number of nitrogen functional groups attached to an aromatic ring is 1. The van der Waals surface area contributed by atoms with Crippen LogP contribution in [0.4, 0.5) is 5.69 Å². The van der Waals surface area contributed by atoms with Crippen molar-refractivity contribution in [3.8, 4) is 0 Å². The fraction of sp³-hybridized carbons (Fsp3) is 0.417. The van der Waals surface area contributed by atoms with Crippen molar-refractivity contribution >= 4 is 23.2 Å². The average Bonchev–Trinajstić information content (AvgIpc) is 2.26. The Labute approximate surface area is 106 Å². The number of hydrogen-bond acceptors (Lipinski definition) is 3. The highest BCUT2D eigenvalue weighted by Crippen LogP contribution is 2.19. The van der Waals surface area contributed by atoms with Gasteiger partial charge in [-0.3, -0.25) is 4.79 Å². The molecule has 4 N–H and O–H groups in total. The number of amides is 1. The van der Waals surface area contributed by atoms with Crippen LogP contribution >= 0.6 is 11.6 Å². The molecule has 0 aliphatic rings. The molecule has 94 valence electrons. The fourth-order valence-electron chi connectivity index (χ4n) is 1.49. The van der Waals surface area contributed by atoms with Crippen LogP contribution in [-0.4, -0.2) is 23.7 Å². The molecule has 0 fully saturated rings. The van der Waals surface area contributed by atoms with E-state index < -0.39 is 0 Å². The van der Waals surface area contributed by atoms with E-state index in [4.69, 9.17) is 22.4 Å². The second-order valence-electron chi connectivity index (χ2n) is 3.98. The zero-order chi connectivity index (χ0) is 12.8. The SMILES string of the molecule is CC(CCCO)NC(=O)c1ccc(N)cc1Cl. The maximum atomic E-state index is 11.9. The van der Waals surface area contributed by atoms with Gasteiger partial charge in [0.15, 0.2) is 0 Å². The van der Waals surface area contributed by atoms with Crippen LogP contribution < -0.4 is 11.1 Å². The quantitative estimate of drug-likeness (QED) is 0.704. The number of aliphatic hydroxyl groups is 1. The molecule has 0 aliphatic carbocycles. The predicted molar refractivity (Wildman–Crippen MR) is 69.1 cm³/mol. The Bertz CT molecular complexity index is 396. The molecule has 0 saturated heterocycles. The van der Waals surface area contributed by atoms with Crippen LogP contribution in [0.5, 0.6) is 0 Å². The largest absolute Gasteiger partial charge is 0.399 e. The monoisotopic (exact) mass is 256 g/mol. The van der Waals surface area contributed by atoms with Gasteiger partial charge < -0.3 is 16.2 Å². The number of carbonyl (C=O) groups excluding carboxylic acids is 1. The first-order chi connectivity index (χ1) is 8.04. The van der Waals surface area contributed by atoms with Crippen LogP contribution in [0, 0.1) is 0 Å². The number of nitrogens with two attached hydrogens (primary N) is 1. The van der Waals surface area contributed by atoms with Gasteiger partial charge in [-0.2, -0.15) is 0 Å². The zero-order valence-corrected chi connectivity index (χ0v) is 10.5. The van der Waals surface area contributed by atoms with E-state index in [1.807, 2.05) is 6.92 Å². The smallest absolute Gasteiger partial charge is 0.253 e. The van der Waals surface area contributed by atoms with Crippen molar-refractivity contribution < 1.29 is 9.90 Å². The number of rotatable bonds is 5. The number of anilines is 1. The molecule has 1 unspecified atom stereocenters. The molecule has 1 rings (SSSR count). The highest BCUT2D eigenvalue weighted by molar-refractivity contribution is 6.34. The van der Waals surface area contributed by atoms with Crippen LogP contribution in [0.25, 0.3) is 0 Å². The van der Waals surface area contributed by atoms with E-state index >= 15 is 0 Å². The second kappa shape index (κ2) is 6.47. The highest BCUT2D eigenvalue weighted by Gasteiger charge is 2.12. The standard InChI is InChI=1S/C12H17ClN2O2/c1-8(3-2-6-16)15-12(17)10-5-4-9(14)7-11(10)13/h4-5,7-8,16H,2-3,6,14H2,1H3,(H,15,17). The van der Waals surface area contributed by atoms with Gasteiger partial charge in [-0.15, -0.1) is 0 Å². The lowest BCUT2D eigenvalue weighted by atomic mass is 10.1. The van der Waals surface area contributed by atoms with Crippen LogP contribution in [0.2, 0.25) is 5.02 Å². The summed E-state index contributed by atoms with van der Waals surface area (Å²) in [5, 5.41) is 11.9. The van der Waals surface area contributed by atoms with Gasteiger partial charge in [0.2, 0.25) is 0 Å². The Morgan fingerprint density at radius 3 is 2.88 bits per heavy atom. The third-order valence-electron chi connectivity index (χ3n) is 2.41. The topological polar surface area (TPSA) is 75.3 Å². The van der Waals surface area contributed by atoms with E-state index in [1.54, 1.807) is 18.2 Å². The maximum Gasteiger partial charge on any atom is 0.253 e. The number of carbonyl (C=O) groups is 1. The van der Waals surface area contributed by atoms with E-state index in [9.17, 15) is 4.79 Å². The van der Waals surface area contributed by atoms with E-state index in [0.717, 1.165) is 6.42 Å². The zero-order valence-electron chi connectivity index (χ0n) is 9.74. The minimum atomic E-state index is -0.222. The molecule has 0 saturated carbocycles. The predicted octanol–water partition coefficient (Wildman–Crippen LogP) is 1.81. The lowest BCUT2D eigenvalue weighted by molar-refractivity contribution is 0.0936. The van der Waals surface area contributed by atoms with Gasteiger partial charge in [0.1, 0.15) is 0 Å². The number of halogens is 1. The van der Waals surface area contributed by atoms with Crippen molar-refractivity contribution in [2.75, 3.05) is 12.3 Å². The fourth-order valence-corrected chi connectivity index (χ4v) is 1.76. The van der Waals surface area contributed by atoms with Crippen molar-refractivity contribution in [1.29, 1.82) is 0 Å². The molecule has 1 amide bonds. The van der Waals surface area contributed by atoms with Crippen molar-refractivity contribution in [2.24, 2.45) is 0 Å². The lowest BCUT2D eigenvalue weighted by Gasteiger charge is -2.14. The number of aliphatic hydroxyl groups excluding tert-OH is 1. The minimum absolute atomic E-state index is 0.00303. The maximum absolute atomic E-state index is 11.9. The Kier molecular flexibility index (Phi) is 5.25. The molecule has 1 atom stereocenters. The summed E-state index contributed by atoms with van der Waals surface area (Å²) >= 11 is 5.93. The molecule has 17 heavy (non-hydrogen) atoms. The second-order valence-corrected chi connectivity index (χ2v) is 4.39. The summed E-state index contributed by atoms with van der Waals surface area (Å²) < 4.78 is 0. The summed E-state index contributed by atoms with van der Waals surface area (Å²) in [5.74, 6) is -0.222. The average molecular weight is 257 g/mol. The van der Waals surface area contributed by atoms with Crippen molar-refractivity contribution in [1.82, 2.24) is 5.32 Å². The minimum Gasteiger partial charge on any atom is -0.399 e. The number of hydrogen-bond donors (Lipinski definition) is 3. The van der Waals surface area contributed by atoms with Gasteiger partial charge in [0.25, 0.3) is 5.91 Å². The van der Waals surface area contributed by atoms with Gasteiger partial charge in [-0.25, -0.2) is 0 Å². The molecule has 0 aliphatic heterocycles. The molecular weight excluding hydrogens is 240 g/mol. The molecule has 0 aromatic heterocycles. The molecule has 5 heteroatoms. The summed E-state index contributed by atoms with van der Waals surface area (Å²) in [7, 11) is 0. The Morgan fingerprint density at radius 2 is 2.29 bits per heavy atom. The van der Waals surface area contributed by atoms with Crippen LogP contribution in [0.15, 0.2) is 18.2 Å². The van der Waals surface area contributed by atoms with E-state index in [-0.39, 0.29) is 18.6 Å². The highest BCUT2D eigenvalue weighted by atomic mass is 35.5. The normalized spacial score (nSPS) is 12.2. The number of nitrogens with one attached hydrogen (secondary N) is 1. The molecule has 1 aromatic carbocycles. The Hall–Kier alpha value is -1.26. The molecule has 0 radical (unpaired) electrons. The van der Waals surface area contributed by atoms with Crippen molar-refractivity contribution in [3.05, 3.63) is 28.8 Å². The van der Waals surface area contributed by atoms with Crippen molar-refractivity contribution in [2.45, 2.75) is 25.8 Å². The lowest BCUT2D eigenvalue weighted by Crippen LogP contribution is -2.32. The van der Waals surface area contributed by atoms with Crippen molar-refractivity contribution in [3.63, 3.8) is 0 Å². The molecule has 0 heterocycles. The van der Waals surface area contributed by atoms with Gasteiger partial charge in [-0.1, -0.05) is 11.6 Å². The van der Waals surface area contributed by atoms with Crippen LogP contribution in [0.1, 0.15) is 30.1 Å². The van der Waals surface area contributed by atoms with Gasteiger partial charge >= 0.3 is 0 Å². The van der Waals surface area contributed by atoms with Gasteiger partial charge in [0.05, 0.1) is 10.6 Å². The van der Waals surface area contributed by atoms with E-state index in [1.165, 1.54) is 0 Å². The molecule has 0 bridgehead atoms. The Balaban J connectivity index is 2.63. The third kappa shape index (κ3) is 4.24. The summed E-state index contributed by atoms with van der Waals surface area (Å²) in [6.45, 7) is 2.02. The first-order valence-corrected chi connectivity index (χ1v) is 5.89. The first-order valence-electron chi connectivity index (χ1n) is 5.51. The van der Waals surface area contributed by atoms with Gasteiger partial charge in [0, 0.05) is 18.3 Å². The molecule has 4 nitrogen and oxygen atoms in total. The molecule has 0 spiro atoms. The summed E-state index contributed by atoms with van der Waals surface area (Å²) in [6, 6.07) is 4.79. The Morgan fingerprint density at radius 1 is 1.59 bits per heavy atom. The molecule has 1 aromatic rings. The van der Waals surface area contributed by atoms with Crippen LogP contribution in [-0.2, 0) is 0 Å². The van der Waals surface area contributed by atoms with Crippen LogP contribution in [0.3, 0.4) is 0 Å². The summed E-state index contributed by atoms with van der Waals surface area (Å²) in [4.78, 5) is 11.9. The summed E-state index contributed by atoms with van der Waals surface area (Å²) in [6.07, 6.45) is 1.39. The first kappa shape index (κ1) is 13.8. The van der Waals surface area contributed by atoms with E-state index in [0.29, 0.717) is 22.7 Å². The third-order valence-corrected chi connectivity index (χ3v) is 2.72. The van der Waals surface area contributed by atoms with Gasteiger partial charge in [-0.05, 0) is 38.0 Å². The summed E-state index contributed by atoms with van der Waals surface area (Å²) in [5.41, 5.74) is 6.49. The molecular formula is C12H17ClN2O2.